The summed E-state index contributed by atoms with van der Waals surface area (Å²) in [6.07, 6.45) is 4.79. The zero-order valence-corrected chi connectivity index (χ0v) is 10.8. The normalized spacial score (nSPS) is 16.9. The van der Waals surface area contributed by atoms with E-state index in [0.29, 0.717) is 24.2 Å². The van der Waals surface area contributed by atoms with E-state index in [-0.39, 0.29) is 5.89 Å². The Morgan fingerprint density at radius 3 is 2.95 bits per heavy atom. The summed E-state index contributed by atoms with van der Waals surface area (Å²) in [4.78, 5) is 8.04. The summed E-state index contributed by atoms with van der Waals surface area (Å²) in [5.74, 6) is 0.170. The average molecular weight is 278 g/mol. The van der Waals surface area contributed by atoms with Gasteiger partial charge < -0.3 is 15.0 Å². The van der Waals surface area contributed by atoms with Gasteiger partial charge >= 0.3 is 0 Å². The van der Waals surface area contributed by atoms with Crippen molar-refractivity contribution in [3.05, 3.63) is 30.0 Å². The van der Waals surface area contributed by atoms with Crippen molar-refractivity contribution in [3.63, 3.8) is 0 Å². The molecule has 2 aromatic heterocycles. The first-order chi connectivity index (χ1) is 9.72. The van der Waals surface area contributed by atoms with E-state index in [9.17, 15) is 4.39 Å². The van der Waals surface area contributed by atoms with Crippen molar-refractivity contribution in [2.45, 2.75) is 31.4 Å². The van der Waals surface area contributed by atoms with Gasteiger partial charge in [-0.3, -0.25) is 0 Å². The largest absolute Gasteiger partial charge is 0.376 e. The molecule has 1 fully saturated rings. The van der Waals surface area contributed by atoms with Crippen LogP contribution in [-0.4, -0.2) is 27.8 Å². The van der Waals surface area contributed by atoms with Crippen molar-refractivity contribution in [1.29, 1.82) is 0 Å². The quantitative estimate of drug-likeness (QED) is 0.898. The molecular formula is C13H15FN4O2. The summed E-state index contributed by atoms with van der Waals surface area (Å²) >= 11 is 0. The predicted molar refractivity (Wildman–Crippen MR) is 68.0 cm³/mol. The van der Waals surface area contributed by atoms with E-state index in [0.717, 1.165) is 19.0 Å². The highest BCUT2D eigenvalue weighted by Gasteiger charge is 2.21. The number of hydrogen-bond acceptors (Lipinski definition) is 6. The van der Waals surface area contributed by atoms with Crippen molar-refractivity contribution >= 4 is 0 Å². The van der Waals surface area contributed by atoms with Crippen molar-refractivity contribution in [3.8, 4) is 11.6 Å². The van der Waals surface area contributed by atoms with Gasteiger partial charge in [0.25, 0.3) is 5.89 Å². The van der Waals surface area contributed by atoms with E-state index in [1.807, 2.05) is 0 Å². The Balaban J connectivity index is 1.64. The van der Waals surface area contributed by atoms with Gasteiger partial charge in [-0.05, 0) is 31.4 Å². The minimum atomic E-state index is -0.437. The first-order valence-corrected chi connectivity index (χ1v) is 6.55. The second-order valence-corrected chi connectivity index (χ2v) is 4.81. The molecule has 1 atom stereocenters. The third-order valence-electron chi connectivity index (χ3n) is 3.28. The molecule has 0 amide bonds. The predicted octanol–water partition coefficient (Wildman–Crippen LogP) is 1.84. The van der Waals surface area contributed by atoms with Crippen molar-refractivity contribution in [1.82, 2.24) is 15.1 Å². The monoisotopic (exact) mass is 278 g/mol. The van der Waals surface area contributed by atoms with Gasteiger partial charge in [-0.15, -0.1) is 0 Å². The van der Waals surface area contributed by atoms with Crippen LogP contribution in [0.15, 0.2) is 22.9 Å². The summed E-state index contributed by atoms with van der Waals surface area (Å²) < 4.78 is 23.5. The molecule has 0 spiro atoms. The van der Waals surface area contributed by atoms with Crippen LogP contribution in [0.4, 0.5) is 4.39 Å². The molecule has 0 bridgehead atoms. The van der Waals surface area contributed by atoms with Gasteiger partial charge in [0.2, 0.25) is 0 Å². The minimum Gasteiger partial charge on any atom is -0.376 e. The maximum atomic E-state index is 12.8. The van der Waals surface area contributed by atoms with Crippen LogP contribution in [0.2, 0.25) is 0 Å². The smallest absolute Gasteiger partial charge is 0.276 e. The fourth-order valence-electron chi connectivity index (χ4n) is 1.84. The first kappa shape index (κ1) is 13.1. The molecule has 6 nitrogen and oxygen atoms in total. The molecule has 2 aromatic rings. The molecule has 106 valence electrons. The third kappa shape index (κ3) is 2.83. The fraction of sp³-hybridized carbons (Fsp3) is 0.462. The number of nitrogens with zero attached hydrogens (tertiary/aromatic N) is 3. The van der Waals surface area contributed by atoms with Crippen LogP contribution in [0.1, 0.15) is 31.1 Å². The number of pyridine rings is 1. The van der Waals surface area contributed by atoms with E-state index in [1.54, 1.807) is 0 Å². The topological polar surface area (TPSA) is 87.1 Å². The van der Waals surface area contributed by atoms with Crippen LogP contribution in [-0.2, 0) is 4.74 Å². The highest BCUT2D eigenvalue weighted by atomic mass is 19.1. The Morgan fingerprint density at radius 1 is 1.45 bits per heavy atom. The lowest BCUT2D eigenvalue weighted by Crippen LogP contribution is -2.27. The zero-order chi connectivity index (χ0) is 13.9. The van der Waals surface area contributed by atoms with Gasteiger partial charge in [-0.2, -0.15) is 4.98 Å². The first-order valence-electron chi connectivity index (χ1n) is 6.55. The van der Waals surface area contributed by atoms with Gasteiger partial charge in [0.05, 0.1) is 24.9 Å². The number of rotatable bonds is 5. The summed E-state index contributed by atoms with van der Waals surface area (Å²) in [6.45, 7) is 0.362. The number of hydrogen-bond donors (Lipinski definition) is 1. The van der Waals surface area contributed by atoms with E-state index < -0.39 is 11.9 Å². The van der Waals surface area contributed by atoms with E-state index in [1.165, 1.54) is 18.6 Å². The summed E-state index contributed by atoms with van der Waals surface area (Å²) in [7, 11) is 0. The van der Waals surface area contributed by atoms with E-state index >= 15 is 0 Å². The molecule has 2 N–H and O–H groups in total. The van der Waals surface area contributed by atoms with Gasteiger partial charge in [-0.1, -0.05) is 5.16 Å². The Kier molecular flexibility index (Phi) is 3.70. The molecule has 0 radical (unpaired) electrons. The van der Waals surface area contributed by atoms with Crippen molar-refractivity contribution in [2.75, 3.05) is 6.61 Å². The van der Waals surface area contributed by atoms with Crippen LogP contribution in [0.25, 0.3) is 11.6 Å². The lowest BCUT2D eigenvalue weighted by atomic mass is 9.96. The second-order valence-electron chi connectivity index (χ2n) is 4.81. The van der Waals surface area contributed by atoms with Crippen LogP contribution in [0, 0.1) is 5.82 Å². The highest BCUT2D eigenvalue weighted by molar-refractivity contribution is 5.45. The molecule has 1 aliphatic rings. The standard InChI is InChI=1S/C13H15FN4O2/c14-8-4-5-11(16-6-8)13-17-12(18-20-13)10(15)7-19-9-2-1-3-9/h4-6,9-10H,1-3,7,15H2. The molecule has 1 aliphatic carbocycles. The van der Waals surface area contributed by atoms with Gasteiger partial charge in [-0.25, -0.2) is 9.37 Å². The third-order valence-corrected chi connectivity index (χ3v) is 3.28. The SMILES string of the molecule is NC(COC1CCC1)c1noc(-c2ccc(F)cn2)n1. The average Bonchev–Trinajstić information content (AvgIpc) is 2.87. The Labute approximate surface area is 115 Å². The molecule has 2 heterocycles. The molecule has 0 saturated heterocycles. The maximum absolute atomic E-state index is 12.8. The molecule has 3 rings (SSSR count). The lowest BCUT2D eigenvalue weighted by Gasteiger charge is -2.26. The molecule has 1 unspecified atom stereocenters. The summed E-state index contributed by atoms with van der Waals surface area (Å²) in [6, 6.07) is 2.32. The number of nitrogens with two attached hydrogens (primary N) is 1. The number of aromatic nitrogens is 3. The van der Waals surface area contributed by atoms with Gasteiger partial charge in [0.15, 0.2) is 5.82 Å². The molecule has 20 heavy (non-hydrogen) atoms. The minimum absolute atomic E-state index is 0.221. The maximum Gasteiger partial charge on any atom is 0.276 e. The van der Waals surface area contributed by atoms with Crippen LogP contribution < -0.4 is 5.73 Å². The van der Waals surface area contributed by atoms with E-state index in [2.05, 4.69) is 15.1 Å². The fourth-order valence-corrected chi connectivity index (χ4v) is 1.84. The summed E-state index contributed by atoms with van der Waals surface area (Å²) in [5.41, 5.74) is 6.36. The van der Waals surface area contributed by atoms with Crippen LogP contribution in [0.5, 0.6) is 0 Å². The van der Waals surface area contributed by atoms with Gasteiger partial charge in [0, 0.05) is 0 Å². The second kappa shape index (κ2) is 5.64. The lowest BCUT2D eigenvalue weighted by molar-refractivity contribution is -0.00549. The van der Waals surface area contributed by atoms with Crippen LogP contribution in [0.3, 0.4) is 0 Å². The number of halogens is 1. The Hall–Kier alpha value is -1.86. The van der Waals surface area contributed by atoms with E-state index in [4.69, 9.17) is 15.0 Å². The molecule has 7 heteroatoms. The van der Waals surface area contributed by atoms with Gasteiger partial charge in [0.1, 0.15) is 11.5 Å². The molecule has 1 saturated carbocycles. The zero-order valence-electron chi connectivity index (χ0n) is 10.8. The molecule has 0 aromatic carbocycles. The van der Waals surface area contributed by atoms with Crippen molar-refractivity contribution < 1.29 is 13.7 Å². The highest BCUT2D eigenvalue weighted by Crippen LogP contribution is 2.23. The number of ether oxygens (including phenoxy) is 1. The molecule has 0 aliphatic heterocycles. The molecular weight excluding hydrogens is 263 g/mol. The Morgan fingerprint density at radius 2 is 2.30 bits per heavy atom. The van der Waals surface area contributed by atoms with Crippen molar-refractivity contribution in [2.24, 2.45) is 5.73 Å². The summed E-state index contributed by atoms with van der Waals surface area (Å²) in [5, 5.41) is 3.81. The van der Waals surface area contributed by atoms with Crippen LogP contribution >= 0.6 is 0 Å². The Bertz CT molecular complexity index is 568.